The van der Waals surface area contributed by atoms with E-state index in [0.717, 1.165) is 40.0 Å². The second-order valence-electron chi connectivity index (χ2n) is 5.64. The van der Waals surface area contributed by atoms with Crippen molar-refractivity contribution in [3.8, 4) is 0 Å². The Labute approximate surface area is 151 Å². The lowest BCUT2D eigenvalue weighted by Crippen LogP contribution is -2.03. The molecule has 2 nitrogen and oxygen atoms in total. The average molecular weight is 330 g/mol. The highest BCUT2D eigenvalue weighted by Crippen LogP contribution is 2.31. The summed E-state index contributed by atoms with van der Waals surface area (Å²) in [5.41, 5.74) is 7.03. The first-order valence-corrected chi connectivity index (χ1v) is 8.74. The molecule has 1 aromatic heterocycles. The van der Waals surface area contributed by atoms with E-state index in [0.29, 0.717) is 0 Å². The Bertz CT molecular complexity index is 880. The van der Waals surface area contributed by atoms with Crippen LogP contribution in [-0.4, -0.2) is 9.97 Å². The van der Waals surface area contributed by atoms with E-state index in [4.69, 9.17) is 9.97 Å². The van der Waals surface area contributed by atoms with Gasteiger partial charge in [-0.15, -0.1) is 0 Å². The summed E-state index contributed by atoms with van der Waals surface area (Å²) in [4.78, 5) is 9.90. The summed E-state index contributed by atoms with van der Waals surface area (Å²) >= 11 is 0. The lowest BCUT2D eigenvalue weighted by Gasteiger charge is -2.15. The number of para-hydroxylation sites is 2. The molecule has 128 valence electrons. The van der Waals surface area contributed by atoms with E-state index in [9.17, 15) is 0 Å². The summed E-state index contributed by atoms with van der Waals surface area (Å²) in [6, 6.07) is 8.00. The third-order valence-corrected chi connectivity index (χ3v) is 4.11. The maximum absolute atomic E-state index is 4.97. The van der Waals surface area contributed by atoms with Gasteiger partial charge in [0.25, 0.3) is 0 Å². The van der Waals surface area contributed by atoms with Crippen LogP contribution in [0.5, 0.6) is 0 Å². The largest absolute Gasteiger partial charge is 0.244 e. The highest BCUT2D eigenvalue weighted by atomic mass is 14.8. The summed E-state index contributed by atoms with van der Waals surface area (Å²) in [6.45, 7) is 12.1. The highest BCUT2D eigenvalue weighted by molar-refractivity contribution is 5.89. The summed E-state index contributed by atoms with van der Waals surface area (Å²) in [5, 5.41) is 0. The van der Waals surface area contributed by atoms with Gasteiger partial charge in [0, 0.05) is 11.1 Å². The molecule has 2 rings (SSSR count). The molecule has 0 spiro atoms. The number of aromatic nitrogens is 2. The van der Waals surface area contributed by atoms with E-state index in [2.05, 4.69) is 45.6 Å². The monoisotopic (exact) mass is 330 g/mol. The van der Waals surface area contributed by atoms with Crippen LogP contribution in [0.2, 0.25) is 0 Å². The third kappa shape index (κ3) is 4.03. The lowest BCUT2D eigenvalue weighted by atomic mass is 9.95. The molecule has 0 N–H and O–H groups in total. The fraction of sp³-hybridized carbons (Fsp3) is 0.217. The van der Waals surface area contributed by atoms with E-state index < -0.39 is 0 Å². The molecule has 0 aliphatic carbocycles. The molecule has 25 heavy (non-hydrogen) atoms. The van der Waals surface area contributed by atoms with Gasteiger partial charge in [0.1, 0.15) is 0 Å². The molecule has 0 fully saturated rings. The van der Waals surface area contributed by atoms with Crippen LogP contribution in [0.1, 0.15) is 45.5 Å². The molecular weight excluding hydrogens is 304 g/mol. The Morgan fingerprint density at radius 2 is 1.64 bits per heavy atom. The molecule has 0 aliphatic rings. The summed E-state index contributed by atoms with van der Waals surface area (Å²) in [6.07, 6.45) is 13.1. The maximum Gasteiger partial charge on any atom is 0.0972 e. The number of nitrogens with zero attached hydrogens (tertiary/aromatic N) is 2. The molecule has 2 heteroatoms. The Balaban J connectivity index is 2.86. The Morgan fingerprint density at radius 3 is 2.12 bits per heavy atom. The van der Waals surface area contributed by atoms with Gasteiger partial charge in [0.05, 0.1) is 22.4 Å². The minimum atomic E-state index is 0.887. The zero-order valence-corrected chi connectivity index (χ0v) is 15.6. The second kappa shape index (κ2) is 8.93. The SMILES string of the molecule is C=C/C=C(\C=C/C)c1nc2ccccc2nc1C(=C/C)/C(=C\C)CC. The number of rotatable bonds is 6. The molecule has 0 amide bonds. The third-order valence-electron chi connectivity index (χ3n) is 4.11. The Hall–Kier alpha value is -2.74. The quantitative estimate of drug-likeness (QED) is 0.562. The normalized spacial score (nSPS) is 13.7. The molecule has 1 heterocycles. The van der Waals surface area contributed by atoms with Crippen molar-refractivity contribution < 1.29 is 0 Å². The van der Waals surface area contributed by atoms with Crippen molar-refractivity contribution in [3.05, 3.63) is 84.3 Å². The smallest absolute Gasteiger partial charge is 0.0972 e. The first kappa shape index (κ1) is 18.6. The van der Waals surface area contributed by atoms with Gasteiger partial charge in [-0.3, -0.25) is 0 Å². The number of hydrogen-bond donors (Lipinski definition) is 0. The molecule has 0 bridgehead atoms. The fourth-order valence-corrected chi connectivity index (χ4v) is 2.93. The van der Waals surface area contributed by atoms with Gasteiger partial charge in [0.2, 0.25) is 0 Å². The Morgan fingerprint density at radius 1 is 1.00 bits per heavy atom. The average Bonchev–Trinajstić information content (AvgIpc) is 2.65. The number of allylic oxidation sites excluding steroid dienone is 9. The van der Waals surface area contributed by atoms with E-state index in [1.54, 1.807) is 6.08 Å². The van der Waals surface area contributed by atoms with Crippen molar-refractivity contribution in [2.45, 2.75) is 34.1 Å². The first-order valence-electron chi connectivity index (χ1n) is 8.74. The maximum atomic E-state index is 4.97. The predicted molar refractivity (Wildman–Crippen MR) is 110 cm³/mol. The first-order chi connectivity index (χ1) is 12.2. The van der Waals surface area contributed by atoms with E-state index in [1.807, 2.05) is 43.3 Å². The van der Waals surface area contributed by atoms with E-state index in [1.165, 1.54) is 5.57 Å². The molecule has 2 aromatic rings. The van der Waals surface area contributed by atoms with Crippen LogP contribution in [0.3, 0.4) is 0 Å². The van der Waals surface area contributed by atoms with Crippen molar-refractivity contribution in [1.29, 1.82) is 0 Å². The van der Waals surface area contributed by atoms with Gasteiger partial charge in [-0.05, 0) is 44.9 Å². The van der Waals surface area contributed by atoms with Crippen LogP contribution >= 0.6 is 0 Å². The number of hydrogen-bond acceptors (Lipinski definition) is 2. The van der Waals surface area contributed by atoms with E-state index in [-0.39, 0.29) is 0 Å². The molecular formula is C23H26N2. The molecule has 0 radical (unpaired) electrons. The minimum absolute atomic E-state index is 0.887. The van der Waals surface area contributed by atoms with Gasteiger partial charge < -0.3 is 0 Å². The van der Waals surface area contributed by atoms with Gasteiger partial charge in [0.15, 0.2) is 0 Å². The van der Waals surface area contributed by atoms with Gasteiger partial charge in [-0.25, -0.2) is 9.97 Å². The topological polar surface area (TPSA) is 25.8 Å². The van der Waals surface area contributed by atoms with Crippen molar-refractivity contribution in [1.82, 2.24) is 9.97 Å². The molecule has 0 atom stereocenters. The number of benzene rings is 1. The van der Waals surface area contributed by atoms with Crippen molar-refractivity contribution >= 4 is 22.2 Å². The molecule has 0 unspecified atom stereocenters. The van der Waals surface area contributed by atoms with E-state index >= 15 is 0 Å². The minimum Gasteiger partial charge on any atom is -0.244 e. The number of fused-ring (bicyclic) bond motifs is 1. The van der Waals surface area contributed by atoms with Crippen LogP contribution in [0.25, 0.3) is 22.2 Å². The van der Waals surface area contributed by atoms with Crippen molar-refractivity contribution in [2.75, 3.05) is 0 Å². The van der Waals surface area contributed by atoms with Gasteiger partial charge in [-0.1, -0.05) is 62.1 Å². The predicted octanol–water partition coefficient (Wildman–Crippen LogP) is 6.53. The lowest BCUT2D eigenvalue weighted by molar-refractivity contribution is 1.12. The van der Waals surface area contributed by atoms with Gasteiger partial charge >= 0.3 is 0 Å². The van der Waals surface area contributed by atoms with Crippen LogP contribution in [0.4, 0.5) is 0 Å². The molecule has 1 aromatic carbocycles. The fourth-order valence-electron chi connectivity index (χ4n) is 2.93. The summed E-state index contributed by atoms with van der Waals surface area (Å²) in [7, 11) is 0. The zero-order chi connectivity index (χ0) is 18.2. The second-order valence-corrected chi connectivity index (χ2v) is 5.64. The molecule has 0 saturated heterocycles. The summed E-state index contributed by atoms with van der Waals surface area (Å²) < 4.78 is 0. The van der Waals surface area contributed by atoms with Crippen LogP contribution in [0, 0.1) is 0 Å². The Kier molecular flexibility index (Phi) is 6.64. The molecule has 0 saturated carbocycles. The van der Waals surface area contributed by atoms with Crippen molar-refractivity contribution in [2.24, 2.45) is 0 Å². The highest BCUT2D eigenvalue weighted by Gasteiger charge is 2.16. The summed E-state index contributed by atoms with van der Waals surface area (Å²) in [5.74, 6) is 0. The van der Waals surface area contributed by atoms with Crippen LogP contribution in [0.15, 0.2) is 72.9 Å². The van der Waals surface area contributed by atoms with Crippen molar-refractivity contribution in [3.63, 3.8) is 0 Å². The molecule has 0 aliphatic heterocycles. The zero-order valence-electron chi connectivity index (χ0n) is 15.6. The van der Waals surface area contributed by atoms with Gasteiger partial charge in [-0.2, -0.15) is 0 Å². The van der Waals surface area contributed by atoms with Crippen LogP contribution < -0.4 is 0 Å². The van der Waals surface area contributed by atoms with Crippen LogP contribution in [-0.2, 0) is 0 Å². The standard InChI is InChI=1S/C23H26N2/c1-6-13-18(14-7-2)22-23(19(10-5)17(8-3)9-4)25-21-16-12-11-15-20(21)24-22/h6-8,10-16H,1,9H2,2-5H3/b14-7-,17-8-,18-13+,19-10+.